The Morgan fingerprint density at radius 2 is 2.18 bits per heavy atom. The van der Waals surface area contributed by atoms with E-state index < -0.39 is 12.0 Å². The van der Waals surface area contributed by atoms with Gasteiger partial charge in [0.25, 0.3) is 0 Å². The summed E-state index contributed by atoms with van der Waals surface area (Å²) in [5, 5.41) is 10.1. The highest BCUT2D eigenvalue weighted by atomic mass is 32.1. The molecule has 116 valence electrons. The van der Waals surface area contributed by atoms with E-state index in [9.17, 15) is 9.59 Å². The first-order valence-corrected chi connectivity index (χ1v) is 8.33. The maximum absolute atomic E-state index is 12.2. The third-order valence-corrected chi connectivity index (χ3v) is 5.07. The summed E-state index contributed by atoms with van der Waals surface area (Å²) >= 11 is 1.66. The molecular formula is C16H18N2O3S. The second kappa shape index (κ2) is 6.44. The Balaban J connectivity index is 1.54. The molecule has 1 aromatic carbocycles. The van der Waals surface area contributed by atoms with Crippen LogP contribution >= 0.6 is 11.3 Å². The van der Waals surface area contributed by atoms with Crippen LogP contribution in [0.5, 0.6) is 0 Å². The Hall–Kier alpha value is -1.95. The molecule has 6 heteroatoms. The van der Waals surface area contributed by atoms with Gasteiger partial charge in [0, 0.05) is 13.0 Å². The number of aliphatic carboxylic acids is 1. The van der Waals surface area contributed by atoms with Crippen molar-refractivity contribution in [1.29, 1.82) is 0 Å². The minimum Gasteiger partial charge on any atom is -0.480 e. The molecule has 1 atom stereocenters. The first-order valence-electron chi connectivity index (χ1n) is 7.52. The molecule has 0 aliphatic carbocycles. The summed E-state index contributed by atoms with van der Waals surface area (Å²) in [5.74, 6) is -0.942. The van der Waals surface area contributed by atoms with Gasteiger partial charge in [-0.15, -0.1) is 11.3 Å². The van der Waals surface area contributed by atoms with E-state index in [1.807, 2.05) is 24.3 Å². The summed E-state index contributed by atoms with van der Waals surface area (Å²) in [6.45, 7) is 0.566. The summed E-state index contributed by atoms with van der Waals surface area (Å²) in [4.78, 5) is 29.3. The first kappa shape index (κ1) is 15.0. The molecule has 0 radical (unpaired) electrons. The highest BCUT2D eigenvalue weighted by Crippen LogP contribution is 2.23. The van der Waals surface area contributed by atoms with Crippen molar-refractivity contribution in [2.24, 2.45) is 0 Å². The number of aromatic nitrogens is 1. The number of likely N-dealkylation sites (tertiary alicyclic amines) is 1. The number of carboxylic acid groups (broad SMARTS) is 1. The molecule has 3 rings (SSSR count). The number of para-hydroxylation sites is 1. The number of nitrogens with zero attached hydrogens (tertiary/aromatic N) is 2. The molecule has 1 aliphatic heterocycles. The largest absolute Gasteiger partial charge is 0.480 e. The number of thiazole rings is 1. The zero-order chi connectivity index (χ0) is 15.5. The molecule has 0 saturated carbocycles. The van der Waals surface area contributed by atoms with Crippen molar-refractivity contribution in [2.45, 2.75) is 38.1 Å². The lowest BCUT2D eigenvalue weighted by atomic mass is 10.2. The number of hydrogen-bond acceptors (Lipinski definition) is 4. The molecule has 5 nitrogen and oxygen atoms in total. The van der Waals surface area contributed by atoms with Gasteiger partial charge in [-0.25, -0.2) is 9.78 Å². The van der Waals surface area contributed by atoms with Crippen LogP contribution in [0.25, 0.3) is 10.2 Å². The molecule has 0 spiro atoms. The highest BCUT2D eigenvalue weighted by molar-refractivity contribution is 7.18. The molecule has 1 fully saturated rings. The van der Waals surface area contributed by atoms with Gasteiger partial charge in [-0.2, -0.15) is 0 Å². The molecular weight excluding hydrogens is 300 g/mol. The molecule has 1 aromatic heterocycles. The smallest absolute Gasteiger partial charge is 0.326 e. The predicted octanol–water partition coefficient (Wildman–Crippen LogP) is 2.69. The van der Waals surface area contributed by atoms with Crippen LogP contribution in [0.2, 0.25) is 0 Å². The lowest BCUT2D eigenvalue weighted by Gasteiger charge is -2.21. The topological polar surface area (TPSA) is 70.5 Å². The monoisotopic (exact) mass is 318 g/mol. The van der Waals surface area contributed by atoms with Gasteiger partial charge < -0.3 is 10.0 Å². The average Bonchev–Trinajstić information content (AvgIpc) is 3.13. The summed E-state index contributed by atoms with van der Waals surface area (Å²) in [6, 6.07) is 7.36. The van der Waals surface area contributed by atoms with Crippen molar-refractivity contribution < 1.29 is 14.7 Å². The molecule has 1 amide bonds. The summed E-state index contributed by atoms with van der Waals surface area (Å²) in [7, 11) is 0. The van der Waals surface area contributed by atoms with Crippen LogP contribution in [-0.2, 0) is 16.0 Å². The van der Waals surface area contributed by atoms with Crippen molar-refractivity contribution in [2.75, 3.05) is 6.54 Å². The third-order valence-electron chi connectivity index (χ3n) is 3.98. The Morgan fingerprint density at radius 3 is 2.95 bits per heavy atom. The summed E-state index contributed by atoms with van der Waals surface area (Å²) in [5.41, 5.74) is 0.999. The van der Waals surface area contributed by atoms with Gasteiger partial charge in [-0.1, -0.05) is 12.1 Å². The molecule has 22 heavy (non-hydrogen) atoms. The Kier molecular flexibility index (Phi) is 4.38. The van der Waals surface area contributed by atoms with Crippen molar-refractivity contribution >= 4 is 33.4 Å². The molecule has 1 N–H and O–H groups in total. The fraction of sp³-hybridized carbons (Fsp3) is 0.438. The minimum absolute atomic E-state index is 0.0500. The van der Waals surface area contributed by atoms with E-state index in [1.54, 1.807) is 11.3 Å². The van der Waals surface area contributed by atoms with Gasteiger partial charge in [-0.3, -0.25) is 4.79 Å². The van der Waals surface area contributed by atoms with Gasteiger partial charge >= 0.3 is 5.97 Å². The molecule has 1 aliphatic rings. The zero-order valence-corrected chi connectivity index (χ0v) is 13.0. The number of benzene rings is 1. The van der Waals surface area contributed by atoms with Crippen LogP contribution in [-0.4, -0.2) is 39.5 Å². The van der Waals surface area contributed by atoms with E-state index >= 15 is 0 Å². The van der Waals surface area contributed by atoms with Gasteiger partial charge in [0.2, 0.25) is 5.91 Å². The third kappa shape index (κ3) is 3.11. The maximum Gasteiger partial charge on any atom is 0.326 e. The van der Waals surface area contributed by atoms with Gasteiger partial charge in [0.1, 0.15) is 6.04 Å². The van der Waals surface area contributed by atoms with Gasteiger partial charge in [0.15, 0.2) is 0 Å². The Bertz CT molecular complexity index is 665. The maximum atomic E-state index is 12.2. The predicted molar refractivity (Wildman–Crippen MR) is 84.9 cm³/mol. The number of fused-ring (bicyclic) bond motifs is 1. The number of carboxylic acids is 1. The molecule has 0 bridgehead atoms. The second-order valence-corrected chi connectivity index (χ2v) is 6.63. The average molecular weight is 318 g/mol. The van der Waals surface area contributed by atoms with Crippen molar-refractivity contribution in [1.82, 2.24) is 9.88 Å². The Morgan fingerprint density at radius 1 is 1.36 bits per heavy atom. The molecule has 1 saturated heterocycles. The van der Waals surface area contributed by atoms with E-state index in [0.29, 0.717) is 25.8 Å². The van der Waals surface area contributed by atoms with Crippen LogP contribution in [0.3, 0.4) is 0 Å². The molecule has 2 heterocycles. The van der Waals surface area contributed by atoms with Crippen LogP contribution < -0.4 is 0 Å². The van der Waals surface area contributed by atoms with E-state index in [0.717, 1.165) is 28.1 Å². The van der Waals surface area contributed by atoms with Crippen molar-refractivity contribution in [3.05, 3.63) is 29.3 Å². The normalized spacial score (nSPS) is 18.0. The van der Waals surface area contributed by atoms with Gasteiger partial charge in [0.05, 0.1) is 15.2 Å². The fourth-order valence-corrected chi connectivity index (χ4v) is 3.89. The van der Waals surface area contributed by atoms with Gasteiger partial charge in [-0.05, 0) is 37.8 Å². The number of rotatable bonds is 5. The van der Waals surface area contributed by atoms with E-state index in [1.165, 1.54) is 4.90 Å². The van der Waals surface area contributed by atoms with Crippen molar-refractivity contribution in [3.63, 3.8) is 0 Å². The fourth-order valence-electron chi connectivity index (χ4n) is 2.88. The van der Waals surface area contributed by atoms with Crippen LogP contribution in [0, 0.1) is 0 Å². The van der Waals surface area contributed by atoms with Crippen LogP contribution in [0.15, 0.2) is 24.3 Å². The number of amides is 1. The standard InChI is InChI=1S/C16H18N2O3S/c19-15(18-10-4-6-12(18)16(20)21)9-3-8-14-17-11-5-1-2-7-13(11)22-14/h1-2,5,7,12H,3-4,6,8-10H2,(H,20,21). The van der Waals surface area contributed by atoms with Crippen molar-refractivity contribution in [3.8, 4) is 0 Å². The quantitative estimate of drug-likeness (QED) is 0.920. The number of aryl methyl sites for hydroxylation is 1. The Labute approximate surface area is 132 Å². The lowest BCUT2D eigenvalue weighted by molar-refractivity contribution is -0.148. The molecule has 1 unspecified atom stereocenters. The minimum atomic E-state index is -0.892. The van der Waals surface area contributed by atoms with E-state index in [-0.39, 0.29) is 5.91 Å². The summed E-state index contributed by atoms with van der Waals surface area (Å²) in [6.07, 6.45) is 3.21. The summed E-state index contributed by atoms with van der Waals surface area (Å²) < 4.78 is 1.16. The molecule has 2 aromatic rings. The van der Waals surface area contributed by atoms with Crippen LogP contribution in [0.4, 0.5) is 0 Å². The highest BCUT2D eigenvalue weighted by Gasteiger charge is 2.33. The lowest BCUT2D eigenvalue weighted by Crippen LogP contribution is -2.40. The SMILES string of the molecule is O=C(O)C1CCCN1C(=O)CCCc1nc2ccccc2s1. The van der Waals surface area contributed by atoms with E-state index in [2.05, 4.69) is 4.98 Å². The first-order chi connectivity index (χ1) is 10.6. The second-order valence-electron chi connectivity index (χ2n) is 5.51. The number of carbonyl (C=O) groups excluding carboxylic acids is 1. The number of carbonyl (C=O) groups is 2. The zero-order valence-electron chi connectivity index (χ0n) is 12.2. The van der Waals surface area contributed by atoms with E-state index in [4.69, 9.17) is 5.11 Å². The number of hydrogen-bond donors (Lipinski definition) is 1. The van der Waals surface area contributed by atoms with Crippen LogP contribution in [0.1, 0.15) is 30.7 Å².